The Hall–Kier alpha value is -3.19. The van der Waals surface area contributed by atoms with Crippen molar-refractivity contribution in [3.63, 3.8) is 0 Å². The lowest BCUT2D eigenvalue weighted by molar-refractivity contribution is 0.102. The summed E-state index contributed by atoms with van der Waals surface area (Å²) in [4.78, 5) is 17.9. The van der Waals surface area contributed by atoms with Crippen LogP contribution >= 0.6 is 0 Å². The first-order chi connectivity index (χ1) is 15.6. The molecule has 2 aromatic carbocycles. The minimum Gasteiger partial charge on any atom is -0.369 e. The average Bonchev–Trinajstić information content (AvgIpc) is 3.54. The summed E-state index contributed by atoms with van der Waals surface area (Å²) in [6.45, 7) is 7.18. The zero-order valence-corrected chi connectivity index (χ0v) is 18.3. The monoisotopic (exact) mass is 433 g/mol. The second-order valence-electron chi connectivity index (χ2n) is 8.74. The molecule has 1 N–H and O–H groups in total. The van der Waals surface area contributed by atoms with Gasteiger partial charge in [-0.1, -0.05) is 18.2 Å². The minimum atomic E-state index is -0.379. The van der Waals surface area contributed by atoms with Crippen LogP contribution in [0.5, 0.6) is 0 Å². The van der Waals surface area contributed by atoms with Crippen LogP contribution in [0, 0.1) is 18.7 Å². The number of para-hydroxylation sites is 1. The van der Waals surface area contributed by atoms with Crippen LogP contribution in [0.2, 0.25) is 0 Å². The van der Waals surface area contributed by atoms with Crippen LogP contribution in [-0.4, -0.2) is 53.3 Å². The predicted molar refractivity (Wildman–Crippen MR) is 124 cm³/mol. The van der Waals surface area contributed by atoms with Gasteiger partial charge >= 0.3 is 0 Å². The fourth-order valence-electron chi connectivity index (χ4n) is 4.33. The van der Waals surface area contributed by atoms with E-state index in [4.69, 9.17) is 0 Å². The maximum absolute atomic E-state index is 14.2. The molecule has 0 radical (unpaired) electrons. The van der Waals surface area contributed by atoms with Crippen molar-refractivity contribution in [1.82, 2.24) is 14.7 Å². The van der Waals surface area contributed by atoms with Crippen LogP contribution in [-0.2, 0) is 0 Å². The summed E-state index contributed by atoms with van der Waals surface area (Å²) in [6, 6.07) is 14.4. The van der Waals surface area contributed by atoms with E-state index in [0.717, 1.165) is 43.5 Å². The molecular formula is C25H28FN5O. The number of benzene rings is 2. The van der Waals surface area contributed by atoms with Crippen molar-refractivity contribution >= 4 is 17.3 Å². The number of hydrogen-bond acceptors (Lipinski definition) is 4. The van der Waals surface area contributed by atoms with Crippen molar-refractivity contribution in [2.45, 2.75) is 19.8 Å². The number of aromatic nitrogens is 2. The molecule has 1 aliphatic carbocycles. The van der Waals surface area contributed by atoms with Gasteiger partial charge in [0.05, 0.1) is 17.5 Å². The van der Waals surface area contributed by atoms with Gasteiger partial charge in [0.25, 0.3) is 5.91 Å². The Kier molecular flexibility index (Phi) is 5.66. The summed E-state index contributed by atoms with van der Waals surface area (Å²) >= 11 is 0. The quantitative estimate of drug-likeness (QED) is 0.636. The Morgan fingerprint density at radius 1 is 1.09 bits per heavy atom. The van der Waals surface area contributed by atoms with E-state index in [1.807, 2.05) is 18.2 Å². The molecular weight excluding hydrogens is 405 g/mol. The summed E-state index contributed by atoms with van der Waals surface area (Å²) in [7, 11) is 0. The Morgan fingerprint density at radius 3 is 2.62 bits per heavy atom. The van der Waals surface area contributed by atoms with Gasteiger partial charge in [0.15, 0.2) is 0 Å². The van der Waals surface area contributed by atoms with E-state index in [1.165, 1.54) is 36.3 Å². The predicted octanol–water partition coefficient (Wildman–Crippen LogP) is 4.10. The van der Waals surface area contributed by atoms with Gasteiger partial charge in [-0.25, -0.2) is 9.07 Å². The third-order valence-electron chi connectivity index (χ3n) is 6.39. The highest BCUT2D eigenvalue weighted by atomic mass is 19.1. The molecule has 2 aliphatic rings. The SMILES string of the molecule is Cc1c(C(=O)Nc2cccc(N3CCN(CC4CC4)CC3)c2)cnn1-c1ccccc1F. The van der Waals surface area contributed by atoms with Crippen LogP contribution in [0.25, 0.3) is 5.69 Å². The largest absolute Gasteiger partial charge is 0.369 e. The second kappa shape index (κ2) is 8.74. The van der Waals surface area contributed by atoms with E-state index in [0.29, 0.717) is 16.9 Å². The molecule has 1 saturated carbocycles. The molecule has 2 fully saturated rings. The molecule has 0 spiro atoms. The van der Waals surface area contributed by atoms with Gasteiger partial charge in [0, 0.05) is 44.1 Å². The number of carbonyl (C=O) groups is 1. The molecule has 1 saturated heterocycles. The fraction of sp³-hybridized carbons (Fsp3) is 0.360. The number of anilines is 2. The number of halogens is 1. The maximum atomic E-state index is 14.2. The highest BCUT2D eigenvalue weighted by molar-refractivity contribution is 6.05. The zero-order valence-electron chi connectivity index (χ0n) is 18.3. The van der Waals surface area contributed by atoms with Crippen LogP contribution < -0.4 is 10.2 Å². The lowest BCUT2D eigenvalue weighted by atomic mass is 10.2. The maximum Gasteiger partial charge on any atom is 0.259 e. The van der Waals surface area contributed by atoms with Crippen molar-refractivity contribution in [3.8, 4) is 5.69 Å². The molecule has 7 heteroatoms. The molecule has 0 unspecified atom stereocenters. The Bertz CT molecular complexity index is 1120. The van der Waals surface area contributed by atoms with Crippen molar-refractivity contribution in [1.29, 1.82) is 0 Å². The van der Waals surface area contributed by atoms with Crippen LogP contribution in [0.1, 0.15) is 28.9 Å². The van der Waals surface area contributed by atoms with E-state index in [9.17, 15) is 9.18 Å². The number of nitrogens with zero attached hydrogens (tertiary/aromatic N) is 4. The van der Waals surface area contributed by atoms with Gasteiger partial charge in [0.1, 0.15) is 11.5 Å². The number of piperazine rings is 1. The van der Waals surface area contributed by atoms with Crippen molar-refractivity contribution in [2.24, 2.45) is 5.92 Å². The third kappa shape index (κ3) is 4.39. The van der Waals surface area contributed by atoms with Crippen LogP contribution in [0.15, 0.2) is 54.7 Å². The molecule has 166 valence electrons. The molecule has 32 heavy (non-hydrogen) atoms. The number of hydrogen-bond donors (Lipinski definition) is 1. The molecule has 1 aromatic heterocycles. The average molecular weight is 434 g/mol. The van der Waals surface area contributed by atoms with Crippen LogP contribution in [0.3, 0.4) is 0 Å². The molecule has 1 aliphatic heterocycles. The van der Waals surface area contributed by atoms with Gasteiger partial charge in [-0.2, -0.15) is 5.10 Å². The standard InChI is InChI=1S/C25H28FN5O/c1-18-22(16-27-31(18)24-8-3-2-7-23(24)26)25(32)28-20-5-4-6-21(15-20)30-13-11-29(12-14-30)17-19-9-10-19/h2-8,15-16,19H,9-14,17H2,1H3,(H,28,32). The van der Waals surface area contributed by atoms with E-state index >= 15 is 0 Å². The minimum absolute atomic E-state index is 0.253. The van der Waals surface area contributed by atoms with Gasteiger partial charge in [-0.3, -0.25) is 9.69 Å². The third-order valence-corrected chi connectivity index (χ3v) is 6.39. The van der Waals surface area contributed by atoms with E-state index in [1.54, 1.807) is 25.1 Å². The molecule has 3 aromatic rings. The van der Waals surface area contributed by atoms with Crippen molar-refractivity contribution < 1.29 is 9.18 Å². The van der Waals surface area contributed by atoms with Gasteiger partial charge in [0.2, 0.25) is 0 Å². The number of rotatable bonds is 6. The highest BCUT2D eigenvalue weighted by Gasteiger charge is 2.26. The lowest BCUT2D eigenvalue weighted by Gasteiger charge is -2.36. The number of carbonyl (C=O) groups excluding carboxylic acids is 1. The fourth-order valence-corrected chi connectivity index (χ4v) is 4.33. The number of nitrogens with one attached hydrogen (secondary N) is 1. The number of amides is 1. The van der Waals surface area contributed by atoms with Gasteiger partial charge in [-0.05, 0) is 56.0 Å². The van der Waals surface area contributed by atoms with Gasteiger partial charge in [-0.15, -0.1) is 0 Å². The van der Waals surface area contributed by atoms with Crippen molar-refractivity contribution in [3.05, 3.63) is 71.8 Å². The first-order valence-corrected chi connectivity index (χ1v) is 11.3. The van der Waals surface area contributed by atoms with E-state index < -0.39 is 0 Å². The summed E-state index contributed by atoms with van der Waals surface area (Å²) in [5.74, 6) is 0.290. The first-order valence-electron chi connectivity index (χ1n) is 11.3. The summed E-state index contributed by atoms with van der Waals surface area (Å²) in [5, 5.41) is 7.21. The van der Waals surface area contributed by atoms with Crippen molar-refractivity contribution in [2.75, 3.05) is 42.9 Å². The molecule has 0 atom stereocenters. The highest BCUT2D eigenvalue weighted by Crippen LogP contribution is 2.30. The lowest BCUT2D eigenvalue weighted by Crippen LogP contribution is -2.47. The molecule has 1 amide bonds. The van der Waals surface area contributed by atoms with E-state index in [-0.39, 0.29) is 11.7 Å². The van der Waals surface area contributed by atoms with Gasteiger partial charge < -0.3 is 10.2 Å². The molecule has 2 heterocycles. The zero-order chi connectivity index (χ0) is 22.1. The summed E-state index contributed by atoms with van der Waals surface area (Å²) < 4.78 is 15.6. The molecule has 0 bridgehead atoms. The smallest absolute Gasteiger partial charge is 0.259 e. The Morgan fingerprint density at radius 2 is 1.88 bits per heavy atom. The first kappa shape index (κ1) is 20.7. The van der Waals surface area contributed by atoms with E-state index in [2.05, 4.69) is 26.3 Å². The Labute approximate surface area is 187 Å². The second-order valence-corrected chi connectivity index (χ2v) is 8.74. The molecule has 6 nitrogen and oxygen atoms in total. The van der Waals surface area contributed by atoms with Crippen LogP contribution in [0.4, 0.5) is 15.8 Å². The summed E-state index contributed by atoms with van der Waals surface area (Å²) in [6.07, 6.45) is 4.27. The molecule has 5 rings (SSSR count). The summed E-state index contributed by atoms with van der Waals surface area (Å²) in [5.41, 5.74) is 3.20. The topological polar surface area (TPSA) is 53.4 Å². The Balaban J connectivity index is 1.26. The normalized spacial score (nSPS) is 16.9.